The highest BCUT2D eigenvalue weighted by atomic mass is 35.5. The predicted octanol–water partition coefficient (Wildman–Crippen LogP) is 3.41. The average molecular weight is 407 g/mol. The molecule has 0 aliphatic rings. The first-order valence-corrected chi connectivity index (χ1v) is 8.68. The molecule has 28 heavy (non-hydrogen) atoms. The van der Waals surface area contributed by atoms with Gasteiger partial charge in [-0.1, -0.05) is 17.7 Å². The van der Waals surface area contributed by atoms with Gasteiger partial charge in [-0.25, -0.2) is 4.39 Å². The summed E-state index contributed by atoms with van der Waals surface area (Å²) in [5.41, 5.74) is 0.697. The Morgan fingerprint density at radius 3 is 2.75 bits per heavy atom. The summed E-state index contributed by atoms with van der Waals surface area (Å²) in [6.07, 6.45) is 1.20. The topological polar surface area (TPSA) is 108 Å². The van der Waals surface area contributed by atoms with E-state index >= 15 is 0 Å². The molecule has 0 unspecified atom stereocenters. The quantitative estimate of drug-likeness (QED) is 0.498. The second-order valence-electron chi connectivity index (χ2n) is 5.99. The maximum Gasteiger partial charge on any atom is 0.320 e. The van der Waals surface area contributed by atoms with Crippen molar-refractivity contribution >= 4 is 29.0 Å². The van der Waals surface area contributed by atoms with Gasteiger partial charge in [0.15, 0.2) is 5.82 Å². The van der Waals surface area contributed by atoms with Gasteiger partial charge in [0.1, 0.15) is 12.0 Å². The summed E-state index contributed by atoms with van der Waals surface area (Å²) < 4.78 is 16.1. The van der Waals surface area contributed by atoms with E-state index in [4.69, 9.17) is 11.6 Å². The number of halogens is 2. The maximum absolute atomic E-state index is 13.2. The summed E-state index contributed by atoms with van der Waals surface area (Å²) >= 11 is 6.04. The van der Waals surface area contributed by atoms with Crippen LogP contribution >= 0.6 is 11.6 Å². The van der Waals surface area contributed by atoms with E-state index in [9.17, 15) is 19.3 Å². The van der Waals surface area contributed by atoms with Gasteiger partial charge in [-0.05, 0) is 31.5 Å². The summed E-state index contributed by atoms with van der Waals surface area (Å²) in [5.74, 6) is -0.962. The van der Waals surface area contributed by atoms with Crippen molar-refractivity contribution in [2.24, 2.45) is 0 Å². The Hall–Kier alpha value is -3.27. The standard InChI is InChI=1S/C17H16ClFN6O3/c1-3-23-9-14(25(27)28)16(22-23)17(26)20-15-6-10(2)24(21-15)8-11-4-5-12(19)7-13(11)18/h4-7,9H,3,8H2,1-2H3,(H,20,21,26). The molecular weight excluding hydrogens is 391 g/mol. The molecule has 146 valence electrons. The van der Waals surface area contributed by atoms with E-state index in [1.165, 1.54) is 23.0 Å². The minimum Gasteiger partial charge on any atom is -0.303 e. The van der Waals surface area contributed by atoms with E-state index in [0.29, 0.717) is 17.8 Å². The number of carbonyl (C=O) groups excluding carboxylic acids is 1. The number of anilines is 1. The van der Waals surface area contributed by atoms with E-state index in [0.717, 1.165) is 0 Å². The van der Waals surface area contributed by atoms with Crippen LogP contribution in [-0.4, -0.2) is 30.4 Å². The Kier molecular flexibility index (Phi) is 5.41. The highest BCUT2D eigenvalue weighted by molar-refractivity contribution is 6.31. The van der Waals surface area contributed by atoms with Crippen molar-refractivity contribution in [1.82, 2.24) is 19.6 Å². The van der Waals surface area contributed by atoms with Gasteiger partial charge in [-0.2, -0.15) is 10.2 Å². The number of carbonyl (C=O) groups is 1. The first kappa shape index (κ1) is 19.5. The maximum atomic E-state index is 13.2. The van der Waals surface area contributed by atoms with Gasteiger partial charge < -0.3 is 5.32 Å². The van der Waals surface area contributed by atoms with E-state index in [-0.39, 0.29) is 28.8 Å². The average Bonchev–Trinajstić information content (AvgIpc) is 3.21. The van der Waals surface area contributed by atoms with Crippen LogP contribution in [0.3, 0.4) is 0 Å². The number of nitrogens with one attached hydrogen (secondary N) is 1. The SMILES string of the molecule is CCn1cc([N+](=O)[O-])c(C(=O)Nc2cc(C)n(Cc3ccc(F)cc3Cl)n2)n1. The highest BCUT2D eigenvalue weighted by Crippen LogP contribution is 2.21. The Labute approximate surface area is 163 Å². The molecular formula is C17H16ClFN6O3. The van der Waals surface area contributed by atoms with Crippen molar-refractivity contribution in [2.75, 3.05) is 5.32 Å². The van der Waals surface area contributed by atoms with Gasteiger partial charge in [-0.15, -0.1) is 0 Å². The van der Waals surface area contributed by atoms with Crippen LogP contribution in [0, 0.1) is 22.9 Å². The lowest BCUT2D eigenvalue weighted by atomic mass is 10.2. The minimum atomic E-state index is -0.733. The normalized spacial score (nSPS) is 10.9. The molecule has 11 heteroatoms. The number of amides is 1. The summed E-state index contributed by atoms with van der Waals surface area (Å²) in [6.45, 7) is 4.18. The fourth-order valence-corrected chi connectivity index (χ4v) is 2.81. The number of benzene rings is 1. The fraction of sp³-hybridized carbons (Fsp3) is 0.235. The number of aromatic nitrogens is 4. The lowest BCUT2D eigenvalue weighted by molar-refractivity contribution is -0.385. The largest absolute Gasteiger partial charge is 0.320 e. The molecule has 1 amide bonds. The molecule has 1 aromatic carbocycles. The van der Waals surface area contributed by atoms with E-state index < -0.39 is 16.6 Å². The van der Waals surface area contributed by atoms with E-state index in [1.54, 1.807) is 30.7 Å². The van der Waals surface area contributed by atoms with Crippen LogP contribution in [0.1, 0.15) is 28.7 Å². The number of hydrogen-bond donors (Lipinski definition) is 1. The number of hydrogen-bond acceptors (Lipinski definition) is 5. The van der Waals surface area contributed by atoms with Crippen molar-refractivity contribution < 1.29 is 14.1 Å². The molecule has 0 atom stereocenters. The van der Waals surface area contributed by atoms with Gasteiger partial charge in [-0.3, -0.25) is 24.3 Å². The fourth-order valence-electron chi connectivity index (χ4n) is 2.59. The van der Waals surface area contributed by atoms with E-state index in [2.05, 4.69) is 15.5 Å². The molecule has 3 aromatic rings. The lowest BCUT2D eigenvalue weighted by Gasteiger charge is -2.06. The van der Waals surface area contributed by atoms with Crippen molar-refractivity contribution in [3.05, 3.63) is 68.4 Å². The Bertz CT molecular complexity index is 1060. The zero-order valence-corrected chi connectivity index (χ0v) is 15.8. The van der Waals surface area contributed by atoms with Gasteiger partial charge >= 0.3 is 5.69 Å². The lowest BCUT2D eigenvalue weighted by Crippen LogP contribution is -2.15. The first-order chi connectivity index (χ1) is 13.3. The molecule has 3 rings (SSSR count). The van der Waals surface area contributed by atoms with Gasteiger partial charge in [0.25, 0.3) is 5.91 Å². The molecule has 1 N–H and O–H groups in total. The van der Waals surface area contributed by atoms with Crippen molar-refractivity contribution in [2.45, 2.75) is 26.9 Å². The summed E-state index contributed by atoms with van der Waals surface area (Å²) in [6, 6.07) is 5.67. The zero-order valence-electron chi connectivity index (χ0n) is 15.0. The highest BCUT2D eigenvalue weighted by Gasteiger charge is 2.26. The summed E-state index contributed by atoms with van der Waals surface area (Å²) in [5, 5.41) is 22.1. The number of nitro groups is 1. The van der Waals surface area contributed by atoms with Crippen molar-refractivity contribution in [3.63, 3.8) is 0 Å². The minimum absolute atomic E-state index is 0.209. The molecule has 0 bridgehead atoms. The van der Waals surface area contributed by atoms with Crippen LogP contribution in [0.15, 0.2) is 30.5 Å². The number of rotatable bonds is 6. The van der Waals surface area contributed by atoms with Gasteiger partial charge in [0.05, 0.1) is 11.5 Å². The van der Waals surface area contributed by atoms with Gasteiger partial charge in [0, 0.05) is 23.3 Å². The third kappa shape index (κ3) is 4.01. The third-order valence-corrected chi connectivity index (χ3v) is 4.39. The molecule has 2 aromatic heterocycles. The molecule has 2 heterocycles. The third-order valence-electron chi connectivity index (χ3n) is 4.04. The molecule has 0 saturated carbocycles. The second-order valence-corrected chi connectivity index (χ2v) is 6.40. The molecule has 9 nitrogen and oxygen atoms in total. The Morgan fingerprint density at radius 1 is 1.36 bits per heavy atom. The molecule has 0 saturated heterocycles. The second kappa shape index (κ2) is 7.77. The van der Waals surface area contributed by atoms with Crippen LogP contribution in [0.25, 0.3) is 0 Å². The predicted molar refractivity (Wildman–Crippen MR) is 100.0 cm³/mol. The van der Waals surface area contributed by atoms with Crippen LogP contribution in [0.4, 0.5) is 15.9 Å². The zero-order chi connectivity index (χ0) is 20.4. The van der Waals surface area contributed by atoms with Crippen LogP contribution in [-0.2, 0) is 13.1 Å². The Morgan fingerprint density at radius 2 is 2.11 bits per heavy atom. The number of nitrogens with zero attached hydrogens (tertiary/aromatic N) is 5. The molecule has 0 aliphatic heterocycles. The monoisotopic (exact) mass is 406 g/mol. The van der Waals surface area contributed by atoms with Gasteiger partial charge in [0.2, 0.25) is 5.69 Å². The van der Waals surface area contributed by atoms with Crippen molar-refractivity contribution in [1.29, 1.82) is 0 Å². The summed E-state index contributed by atoms with van der Waals surface area (Å²) in [4.78, 5) is 22.9. The summed E-state index contributed by atoms with van der Waals surface area (Å²) in [7, 11) is 0. The smallest absolute Gasteiger partial charge is 0.303 e. The van der Waals surface area contributed by atoms with E-state index in [1.807, 2.05) is 0 Å². The molecule has 0 spiro atoms. The first-order valence-electron chi connectivity index (χ1n) is 8.30. The Balaban J connectivity index is 1.81. The number of aryl methyl sites for hydroxylation is 2. The molecule has 0 fully saturated rings. The van der Waals surface area contributed by atoms with Crippen LogP contribution in [0.2, 0.25) is 5.02 Å². The van der Waals surface area contributed by atoms with Crippen molar-refractivity contribution in [3.8, 4) is 0 Å². The van der Waals surface area contributed by atoms with Crippen LogP contribution < -0.4 is 5.32 Å². The van der Waals surface area contributed by atoms with Crippen LogP contribution in [0.5, 0.6) is 0 Å². The molecule has 0 radical (unpaired) electrons. The molecule has 0 aliphatic carbocycles.